The number of amides is 1. The zero-order valence-electron chi connectivity index (χ0n) is 20.7. The van der Waals surface area contributed by atoms with Crippen molar-refractivity contribution >= 4 is 39.6 Å². The van der Waals surface area contributed by atoms with Gasteiger partial charge in [0, 0.05) is 17.6 Å². The highest BCUT2D eigenvalue weighted by Crippen LogP contribution is 2.32. The number of nitrogens with zero attached hydrogens (tertiary/aromatic N) is 2. The first-order valence-corrected chi connectivity index (χ1v) is 14.1. The van der Waals surface area contributed by atoms with Crippen molar-refractivity contribution in [2.45, 2.75) is 11.0 Å². The third kappa shape index (κ3) is 6.56. The van der Waals surface area contributed by atoms with Crippen molar-refractivity contribution in [3.8, 4) is 17.2 Å². The van der Waals surface area contributed by atoms with Crippen LogP contribution in [-0.4, -0.2) is 58.9 Å². The number of carbonyl (C=O) groups excluding carboxylic acids is 1. The average molecular weight is 560 g/mol. The predicted octanol–water partition coefficient (Wildman–Crippen LogP) is 3.68. The van der Waals surface area contributed by atoms with E-state index in [-0.39, 0.29) is 22.4 Å². The topological polar surface area (TPSA) is 107 Å². The second-order valence-electron chi connectivity index (χ2n) is 8.14. The van der Waals surface area contributed by atoms with Crippen LogP contribution in [0.4, 0.5) is 10.1 Å². The summed E-state index contributed by atoms with van der Waals surface area (Å²) in [6.07, 6.45) is 1.67. The molecular weight excluding hydrogens is 533 g/mol. The minimum absolute atomic E-state index is 0.0979. The van der Waals surface area contributed by atoms with E-state index in [1.807, 2.05) is 23.9 Å². The fraction of sp³-hybridized carbons (Fsp3) is 0.231. The predicted molar refractivity (Wildman–Crippen MR) is 144 cm³/mol. The maximum Gasteiger partial charge on any atom is 0.264 e. The second-order valence-corrected chi connectivity index (χ2v) is 11.1. The van der Waals surface area contributed by atoms with Crippen LogP contribution >= 0.6 is 11.8 Å². The van der Waals surface area contributed by atoms with Gasteiger partial charge in [-0.3, -0.25) is 9.10 Å². The summed E-state index contributed by atoms with van der Waals surface area (Å²) in [6.45, 7) is -0.605. The third-order valence-electron chi connectivity index (χ3n) is 5.54. The van der Waals surface area contributed by atoms with Gasteiger partial charge in [-0.05, 0) is 66.2 Å². The number of carbonyl (C=O) groups is 1. The van der Waals surface area contributed by atoms with E-state index in [1.54, 1.807) is 12.1 Å². The van der Waals surface area contributed by atoms with Crippen LogP contribution in [0.1, 0.15) is 5.56 Å². The van der Waals surface area contributed by atoms with Crippen molar-refractivity contribution in [1.29, 1.82) is 0 Å². The number of hydrazone groups is 1. The Labute approximate surface area is 224 Å². The van der Waals surface area contributed by atoms with E-state index in [4.69, 9.17) is 14.2 Å². The molecule has 4 rings (SSSR count). The van der Waals surface area contributed by atoms with E-state index in [2.05, 4.69) is 10.5 Å². The molecule has 1 N–H and O–H groups in total. The fourth-order valence-electron chi connectivity index (χ4n) is 3.48. The summed E-state index contributed by atoms with van der Waals surface area (Å²) in [5.74, 6) is 2.01. The van der Waals surface area contributed by atoms with Crippen molar-refractivity contribution in [3.63, 3.8) is 0 Å². The number of thioether (sulfide) groups is 1. The number of nitrogens with one attached hydrogen (secondary N) is 1. The van der Waals surface area contributed by atoms with E-state index >= 15 is 0 Å². The van der Waals surface area contributed by atoms with Gasteiger partial charge in [-0.1, -0.05) is 0 Å². The molecule has 1 saturated heterocycles. The highest BCUT2D eigenvalue weighted by Gasteiger charge is 2.28. The Balaban J connectivity index is 1.49. The van der Waals surface area contributed by atoms with Crippen LogP contribution in [0.5, 0.6) is 17.2 Å². The highest BCUT2D eigenvalue weighted by molar-refractivity contribution is 8.00. The first-order valence-electron chi connectivity index (χ1n) is 11.5. The number of ether oxygens (including phenoxy) is 3. The van der Waals surface area contributed by atoms with Gasteiger partial charge in [-0.2, -0.15) is 16.9 Å². The Hall–Kier alpha value is -3.77. The summed E-state index contributed by atoms with van der Waals surface area (Å²) < 4.78 is 57.7. The number of hydrogen-bond acceptors (Lipinski definition) is 8. The molecule has 9 nitrogen and oxygen atoms in total. The largest absolute Gasteiger partial charge is 0.493 e. The van der Waals surface area contributed by atoms with Crippen LogP contribution in [-0.2, 0) is 14.8 Å². The highest BCUT2D eigenvalue weighted by atomic mass is 32.2. The molecule has 1 aliphatic rings. The lowest BCUT2D eigenvalue weighted by atomic mass is 10.2. The molecule has 200 valence electrons. The molecule has 0 aromatic heterocycles. The smallest absolute Gasteiger partial charge is 0.264 e. The molecule has 1 heterocycles. The Bertz CT molecular complexity index is 1400. The van der Waals surface area contributed by atoms with Gasteiger partial charge in [0.15, 0.2) is 11.5 Å². The number of benzene rings is 3. The molecule has 0 spiro atoms. The zero-order chi connectivity index (χ0) is 27.1. The monoisotopic (exact) mass is 559 g/mol. The Morgan fingerprint density at radius 1 is 1.05 bits per heavy atom. The first kappa shape index (κ1) is 27.3. The SMILES string of the molecule is COc1ccc(S(=O)(=O)N(CC(=O)N/N=C\c2ccc(OC3CSC3)cc2)c2ccc(F)cc2)cc1OC. The summed E-state index contributed by atoms with van der Waals surface area (Å²) in [5, 5.41) is 3.94. The minimum Gasteiger partial charge on any atom is -0.493 e. The van der Waals surface area contributed by atoms with Crippen LogP contribution in [0.25, 0.3) is 0 Å². The lowest BCUT2D eigenvalue weighted by Gasteiger charge is -2.25. The number of halogens is 1. The van der Waals surface area contributed by atoms with Crippen LogP contribution in [0, 0.1) is 5.82 Å². The molecular formula is C26H26FN3O6S2. The fourth-order valence-corrected chi connectivity index (χ4v) is 5.48. The maximum atomic E-state index is 13.6. The second kappa shape index (κ2) is 12.2. The van der Waals surface area contributed by atoms with Gasteiger partial charge in [0.1, 0.15) is 24.2 Å². The van der Waals surface area contributed by atoms with Crippen LogP contribution in [0.3, 0.4) is 0 Å². The molecule has 1 fully saturated rings. The summed E-state index contributed by atoms with van der Waals surface area (Å²) >= 11 is 1.83. The van der Waals surface area contributed by atoms with Gasteiger partial charge >= 0.3 is 0 Å². The van der Waals surface area contributed by atoms with Crippen LogP contribution < -0.4 is 23.9 Å². The summed E-state index contributed by atoms with van der Waals surface area (Å²) in [5.41, 5.74) is 3.16. The van der Waals surface area contributed by atoms with Crippen molar-refractivity contribution in [2.24, 2.45) is 5.10 Å². The minimum atomic E-state index is -4.26. The molecule has 3 aromatic carbocycles. The maximum absolute atomic E-state index is 13.6. The quantitative estimate of drug-likeness (QED) is 0.282. The van der Waals surface area contributed by atoms with E-state index < -0.39 is 28.3 Å². The Morgan fingerprint density at radius 3 is 2.34 bits per heavy atom. The number of hydrogen-bond donors (Lipinski definition) is 1. The number of rotatable bonds is 11. The van der Waals surface area contributed by atoms with Gasteiger partial charge in [0.05, 0.1) is 31.0 Å². The van der Waals surface area contributed by atoms with E-state index in [1.165, 1.54) is 50.8 Å². The van der Waals surface area contributed by atoms with E-state index in [0.717, 1.165) is 33.7 Å². The van der Waals surface area contributed by atoms with E-state index in [0.29, 0.717) is 11.3 Å². The van der Waals surface area contributed by atoms with Gasteiger partial charge < -0.3 is 14.2 Å². The Morgan fingerprint density at radius 2 is 1.74 bits per heavy atom. The molecule has 0 aliphatic carbocycles. The van der Waals surface area contributed by atoms with Crippen molar-refractivity contribution in [1.82, 2.24) is 5.43 Å². The van der Waals surface area contributed by atoms with Crippen molar-refractivity contribution < 1.29 is 31.8 Å². The third-order valence-corrected chi connectivity index (χ3v) is 8.52. The molecule has 0 atom stereocenters. The van der Waals surface area contributed by atoms with Crippen LogP contribution in [0.15, 0.2) is 76.7 Å². The van der Waals surface area contributed by atoms with Crippen molar-refractivity contribution in [2.75, 3.05) is 36.6 Å². The first-order chi connectivity index (χ1) is 18.3. The van der Waals surface area contributed by atoms with Gasteiger partial charge in [-0.15, -0.1) is 0 Å². The van der Waals surface area contributed by atoms with E-state index in [9.17, 15) is 17.6 Å². The molecule has 0 unspecified atom stereocenters. The molecule has 0 saturated carbocycles. The van der Waals surface area contributed by atoms with Crippen molar-refractivity contribution in [3.05, 3.63) is 78.1 Å². The van der Waals surface area contributed by atoms with Gasteiger partial charge in [-0.25, -0.2) is 18.2 Å². The number of sulfonamides is 1. The molecule has 3 aromatic rings. The lowest BCUT2D eigenvalue weighted by Crippen LogP contribution is -2.39. The van der Waals surface area contributed by atoms with Gasteiger partial charge in [0.25, 0.3) is 15.9 Å². The summed E-state index contributed by atoms with van der Waals surface area (Å²) in [6, 6.07) is 16.1. The number of anilines is 1. The van der Waals surface area contributed by atoms with Crippen LogP contribution in [0.2, 0.25) is 0 Å². The molecule has 0 radical (unpaired) electrons. The number of methoxy groups -OCH3 is 2. The normalized spacial score (nSPS) is 13.6. The summed E-state index contributed by atoms with van der Waals surface area (Å²) in [7, 11) is -1.45. The standard InChI is InChI=1S/C26H26FN3O6S2/c1-34-24-12-11-23(13-25(24)35-2)38(32,33)30(20-7-5-19(27)6-8-20)15-26(31)29-28-14-18-3-9-21(10-4-18)36-22-16-37-17-22/h3-14,22H,15-17H2,1-2H3,(H,29,31)/b28-14-. The summed E-state index contributed by atoms with van der Waals surface area (Å²) in [4.78, 5) is 12.6. The Kier molecular flexibility index (Phi) is 8.74. The lowest BCUT2D eigenvalue weighted by molar-refractivity contribution is -0.119. The molecule has 0 bridgehead atoms. The molecule has 38 heavy (non-hydrogen) atoms. The molecule has 1 aliphatic heterocycles. The van der Waals surface area contributed by atoms with Gasteiger partial charge in [0.2, 0.25) is 0 Å². The molecule has 1 amide bonds. The zero-order valence-corrected chi connectivity index (χ0v) is 22.3. The average Bonchev–Trinajstić information content (AvgIpc) is 2.90. The molecule has 12 heteroatoms.